The molecule has 1 amide bonds. The Morgan fingerprint density at radius 3 is 2.77 bits per heavy atom. The lowest BCUT2D eigenvalue weighted by atomic mass is 10.0. The highest BCUT2D eigenvalue weighted by Crippen LogP contribution is 2.23. The van der Waals surface area contributed by atoms with Gasteiger partial charge in [0.25, 0.3) is 5.91 Å². The highest BCUT2D eigenvalue weighted by Gasteiger charge is 2.15. The second kappa shape index (κ2) is 7.93. The third-order valence-electron chi connectivity index (χ3n) is 3.86. The molecule has 6 nitrogen and oxygen atoms in total. The summed E-state index contributed by atoms with van der Waals surface area (Å²) in [5, 5.41) is 6.66. The van der Waals surface area contributed by atoms with Crippen molar-refractivity contribution in [1.82, 2.24) is 20.4 Å². The fraction of sp³-hybridized carbons (Fsp3) is 0.250. The third kappa shape index (κ3) is 4.34. The van der Waals surface area contributed by atoms with Crippen LogP contribution in [0.15, 0.2) is 53.2 Å². The van der Waals surface area contributed by atoms with Gasteiger partial charge in [-0.05, 0) is 44.3 Å². The monoisotopic (exact) mass is 350 g/mol. The summed E-state index contributed by atoms with van der Waals surface area (Å²) in [6.07, 6.45) is 1.63. The van der Waals surface area contributed by atoms with E-state index in [2.05, 4.69) is 32.5 Å². The van der Waals surface area contributed by atoms with Crippen molar-refractivity contribution in [2.75, 3.05) is 14.1 Å². The highest BCUT2D eigenvalue weighted by atomic mass is 16.5. The van der Waals surface area contributed by atoms with Crippen LogP contribution in [0.5, 0.6) is 0 Å². The summed E-state index contributed by atoms with van der Waals surface area (Å²) in [5.41, 5.74) is 4.13. The van der Waals surface area contributed by atoms with Crippen LogP contribution < -0.4 is 5.32 Å². The summed E-state index contributed by atoms with van der Waals surface area (Å²) in [4.78, 5) is 19.0. The molecule has 0 fully saturated rings. The van der Waals surface area contributed by atoms with Crippen molar-refractivity contribution in [3.8, 4) is 11.1 Å². The summed E-state index contributed by atoms with van der Waals surface area (Å²) >= 11 is 0. The number of aromatic nitrogens is 2. The number of hydrogen-bond acceptors (Lipinski definition) is 5. The van der Waals surface area contributed by atoms with Crippen LogP contribution in [0.3, 0.4) is 0 Å². The van der Waals surface area contributed by atoms with Crippen molar-refractivity contribution < 1.29 is 9.32 Å². The lowest BCUT2D eigenvalue weighted by molar-refractivity contribution is 0.0943. The van der Waals surface area contributed by atoms with Gasteiger partial charge in [-0.25, -0.2) is 0 Å². The van der Waals surface area contributed by atoms with E-state index in [1.54, 1.807) is 12.3 Å². The summed E-state index contributed by atoms with van der Waals surface area (Å²) in [5.74, 6) is 0.369. The van der Waals surface area contributed by atoms with Gasteiger partial charge in [-0.3, -0.25) is 9.78 Å². The molecule has 134 valence electrons. The number of aryl methyl sites for hydroxylation is 1. The molecule has 26 heavy (non-hydrogen) atoms. The largest absolute Gasteiger partial charge is 0.359 e. The molecule has 0 aliphatic carbocycles. The predicted octanol–water partition coefficient (Wildman–Crippen LogP) is 3.04. The van der Waals surface area contributed by atoms with E-state index in [1.165, 1.54) is 5.56 Å². The molecule has 0 unspecified atom stereocenters. The average molecular weight is 350 g/mol. The average Bonchev–Trinajstić information content (AvgIpc) is 3.05. The Kier molecular flexibility index (Phi) is 5.43. The minimum Gasteiger partial charge on any atom is -0.359 e. The molecule has 6 heteroatoms. The molecule has 2 heterocycles. The van der Waals surface area contributed by atoms with Gasteiger partial charge in [0.05, 0.1) is 12.2 Å². The second-order valence-corrected chi connectivity index (χ2v) is 6.46. The van der Waals surface area contributed by atoms with Gasteiger partial charge in [0.15, 0.2) is 5.76 Å². The number of nitrogens with zero attached hydrogens (tertiary/aromatic N) is 3. The highest BCUT2D eigenvalue weighted by molar-refractivity contribution is 5.98. The maximum Gasteiger partial charge on any atom is 0.270 e. The van der Waals surface area contributed by atoms with E-state index in [0.717, 1.165) is 23.4 Å². The number of rotatable bonds is 6. The zero-order valence-corrected chi connectivity index (χ0v) is 15.2. The van der Waals surface area contributed by atoms with E-state index in [1.807, 2.05) is 45.3 Å². The molecule has 0 saturated carbocycles. The molecule has 0 atom stereocenters. The normalized spacial score (nSPS) is 10.9. The summed E-state index contributed by atoms with van der Waals surface area (Å²) < 4.78 is 5.13. The minimum absolute atomic E-state index is 0.243. The zero-order chi connectivity index (χ0) is 18.5. The van der Waals surface area contributed by atoms with E-state index >= 15 is 0 Å². The molecule has 1 N–H and O–H groups in total. The van der Waals surface area contributed by atoms with Crippen molar-refractivity contribution in [2.45, 2.75) is 20.0 Å². The Morgan fingerprint density at radius 2 is 2.04 bits per heavy atom. The molecule has 0 aliphatic heterocycles. The number of carbonyl (C=O) groups excluding carboxylic acids is 1. The fourth-order valence-electron chi connectivity index (χ4n) is 2.77. The van der Waals surface area contributed by atoms with Crippen molar-refractivity contribution >= 4 is 5.91 Å². The molecule has 3 aromatic rings. The Hall–Kier alpha value is -2.99. The van der Waals surface area contributed by atoms with Gasteiger partial charge < -0.3 is 14.7 Å². The van der Waals surface area contributed by atoms with Gasteiger partial charge in [0.1, 0.15) is 5.69 Å². The van der Waals surface area contributed by atoms with Crippen LogP contribution in [0.1, 0.15) is 27.5 Å². The van der Waals surface area contributed by atoms with Crippen LogP contribution in [-0.2, 0) is 13.1 Å². The first-order valence-corrected chi connectivity index (χ1v) is 8.42. The number of nitrogens with one attached hydrogen (secondary N) is 1. The van der Waals surface area contributed by atoms with E-state index in [-0.39, 0.29) is 12.5 Å². The third-order valence-corrected chi connectivity index (χ3v) is 3.86. The number of pyridine rings is 1. The molecular formula is C20H22N4O2. The van der Waals surface area contributed by atoms with E-state index in [0.29, 0.717) is 11.5 Å². The van der Waals surface area contributed by atoms with Crippen molar-refractivity contribution in [2.24, 2.45) is 0 Å². The second-order valence-electron chi connectivity index (χ2n) is 6.46. The first-order valence-electron chi connectivity index (χ1n) is 8.42. The van der Waals surface area contributed by atoms with Gasteiger partial charge in [-0.1, -0.05) is 29.4 Å². The summed E-state index contributed by atoms with van der Waals surface area (Å²) in [7, 11) is 4.06. The molecule has 0 spiro atoms. The van der Waals surface area contributed by atoms with Gasteiger partial charge >= 0.3 is 0 Å². The maximum absolute atomic E-state index is 12.6. The molecular weight excluding hydrogens is 328 g/mol. The Morgan fingerprint density at radius 1 is 1.19 bits per heavy atom. The van der Waals surface area contributed by atoms with E-state index < -0.39 is 0 Å². The Bertz CT molecular complexity index is 902. The van der Waals surface area contributed by atoms with E-state index in [4.69, 9.17) is 4.52 Å². The number of hydrogen-bond donors (Lipinski definition) is 1. The standard InChI is InChI=1S/C20H22N4O2/c1-14-10-17(26-23-14)12-22-20(25)19-18(8-5-9-21-19)16-7-4-6-15(11-16)13-24(2)3/h4-11H,12-13H2,1-3H3,(H,22,25). The van der Waals surface area contributed by atoms with Crippen LogP contribution in [0.2, 0.25) is 0 Å². The van der Waals surface area contributed by atoms with Crippen LogP contribution in [0.4, 0.5) is 0 Å². The summed E-state index contributed by atoms with van der Waals surface area (Å²) in [6.45, 7) is 2.95. The maximum atomic E-state index is 12.6. The number of carbonyl (C=O) groups is 1. The molecule has 1 aromatic carbocycles. The Balaban J connectivity index is 1.82. The van der Waals surface area contributed by atoms with Gasteiger partial charge in [-0.15, -0.1) is 0 Å². The van der Waals surface area contributed by atoms with Crippen molar-refractivity contribution in [1.29, 1.82) is 0 Å². The van der Waals surface area contributed by atoms with Gasteiger partial charge in [0, 0.05) is 24.4 Å². The SMILES string of the molecule is Cc1cc(CNC(=O)c2ncccc2-c2cccc(CN(C)C)c2)on1. The smallest absolute Gasteiger partial charge is 0.270 e. The van der Waals surface area contributed by atoms with E-state index in [9.17, 15) is 4.79 Å². The number of amides is 1. The van der Waals surface area contributed by atoms with Crippen molar-refractivity contribution in [3.63, 3.8) is 0 Å². The lowest BCUT2D eigenvalue weighted by Crippen LogP contribution is -2.24. The van der Waals surface area contributed by atoms with Gasteiger partial charge in [0.2, 0.25) is 0 Å². The molecule has 0 radical (unpaired) electrons. The van der Waals surface area contributed by atoms with Crippen LogP contribution >= 0.6 is 0 Å². The molecule has 2 aromatic heterocycles. The van der Waals surface area contributed by atoms with Crippen LogP contribution in [-0.4, -0.2) is 35.0 Å². The predicted molar refractivity (Wildman–Crippen MR) is 99.5 cm³/mol. The molecule has 3 rings (SSSR count). The molecule has 0 saturated heterocycles. The molecule has 0 aliphatic rings. The Labute approximate surface area is 152 Å². The fourth-order valence-corrected chi connectivity index (χ4v) is 2.77. The first-order chi connectivity index (χ1) is 12.5. The first kappa shape index (κ1) is 17.8. The van der Waals surface area contributed by atoms with Crippen molar-refractivity contribution in [3.05, 3.63) is 71.4 Å². The van der Waals surface area contributed by atoms with Crippen LogP contribution in [0.25, 0.3) is 11.1 Å². The lowest BCUT2D eigenvalue weighted by Gasteiger charge is -2.12. The summed E-state index contributed by atoms with van der Waals surface area (Å²) in [6, 6.07) is 13.7. The number of benzene rings is 1. The minimum atomic E-state index is -0.243. The molecule has 0 bridgehead atoms. The van der Waals surface area contributed by atoms with Gasteiger partial charge in [-0.2, -0.15) is 0 Å². The quantitative estimate of drug-likeness (QED) is 0.740. The van der Waals surface area contributed by atoms with Crippen LogP contribution in [0, 0.1) is 6.92 Å². The topological polar surface area (TPSA) is 71.3 Å². The zero-order valence-electron chi connectivity index (χ0n) is 15.2.